The number of rotatable bonds is 2. The molecule has 0 N–H and O–H groups in total. The molecule has 0 unspecified atom stereocenters. The zero-order valence-corrected chi connectivity index (χ0v) is 8.41. The van der Waals surface area contributed by atoms with Crippen LogP contribution in [0.15, 0.2) is 30.0 Å². The second-order valence-electron chi connectivity index (χ2n) is 2.83. The molecule has 2 aromatic rings. The van der Waals surface area contributed by atoms with Crippen molar-refractivity contribution in [3.8, 4) is 10.4 Å². The van der Waals surface area contributed by atoms with E-state index in [9.17, 15) is 4.79 Å². The Morgan fingerprint density at radius 2 is 2.36 bits per heavy atom. The lowest BCUT2D eigenvalue weighted by Gasteiger charge is -1.97. The molecule has 0 fully saturated rings. The monoisotopic (exact) mass is 204 g/mol. The van der Waals surface area contributed by atoms with Crippen molar-refractivity contribution in [2.45, 2.75) is 6.92 Å². The van der Waals surface area contributed by atoms with Gasteiger partial charge in [0, 0.05) is 24.9 Å². The predicted molar refractivity (Wildman–Crippen MR) is 55.3 cm³/mol. The molecule has 70 valence electrons. The van der Waals surface area contributed by atoms with Gasteiger partial charge in [-0.2, -0.15) is 0 Å². The van der Waals surface area contributed by atoms with Crippen molar-refractivity contribution in [1.82, 2.24) is 9.97 Å². The first-order valence-corrected chi connectivity index (χ1v) is 5.02. The molecule has 14 heavy (non-hydrogen) atoms. The lowest BCUT2D eigenvalue weighted by molar-refractivity contribution is 0.101. The number of hydrogen-bond acceptors (Lipinski definition) is 4. The van der Waals surface area contributed by atoms with Gasteiger partial charge in [0.25, 0.3) is 0 Å². The second-order valence-corrected chi connectivity index (χ2v) is 3.68. The van der Waals surface area contributed by atoms with E-state index in [2.05, 4.69) is 9.97 Å². The van der Waals surface area contributed by atoms with Crippen LogP contribution in [0.2, 0.25) is 0 Å². The molecule has 0 aromatic carbocycles. The Balaban J connectivity index is 2.52. The molecule has 3 nitrogen and oxygen atoms in total. The van der Waals surface area contributed by atoms with Gasteiger partial charge in [0.2, 0.25) is 0 Å². The molecule has 2 heterocycles. The van der Waals surface area contributed by atoms with Crippen LogP contribution in [-0.4, -0.2) is 15.8 Å². The highest BCUT2D eigenvalue weighted by Gasteiger charge is 2.11. The zero-order valence-electron chi connectivity index (χ0n) is 7.60. The number of pyridine rings is 1. The second kappa shape index (κ2) is 3.67. The van der Waals surface area contributed by atoms with Crippen molar-refractivity contribution in [3.05, 3.63) is 35.7 Å². The molecule has 0 amide bonds. The first-order chi connectivity index (χ1) is 6.79. The highest BCUT2D eigenvalue weighted by atomic mass is 32.1. The van der Waals surface area contributed by atoms with E-state index in [4.69, 9.17) is 0 Å². The number of thiazole rings is 1. The van der Waals surface area contributed by atoms with Gasteiger partial charge in [-0.05, 0) is 6.07 Å². The van der Waals surface area contributed by atoms with Crippen LogP contribution in [0.1, 0.15) is 17.4 Å². The Morgan fingerprint density at radius 1 is 1.50 bits per heavy atom. The van der Waals surface area contributed by atoms with Gasteiger partial charge in [0.15, 0.2) is 5.78 Å². The van der Waals surface area contributed by atoms with Crippen molar-refractivity contribution in [2.75, 3.05) is 0 Å². The van der Waals surface area contributed by atoms with Gasteiger partial charge in [-0.15, -0.1) is 11.3 Å². The fraction of sp³-hybridized carbons (Fsp3) is 0.100. The van der Waals surface area contributed by atoms with Gasteiger partial charge in [-0.25, -0.2) is 4.98 Å². The molecule has 0 saturated carbocycles. The number of hydrogen-bond donors (Lipinski definition) is 0. The van der Waals surface area contributed by atoms with Gasteiger partial charge < -0.3 is 0 Å². The normalized spacial score (nSPS) is 10.1. The number of Topliss-reactive ketones (excluding diaryl/α,β-unsaturated/α-hetero) is 1. The maximum Gasteiger partial charge on any atom is 0.179 e. The van der Waals surface area contributed by atoms with Gasteiger partial charge >= 0.3 is 0 Å². The van der Waals surface area contributed by atoms with E-state index in [-0.39, 0.29) is 5.78 Å². The number of nitrogens with zero attached hydrogens (tertiary/aromatic N) is 2. The molecule has 0 aliphatic rings. The first kappa shape index (κ1) is 9.02. The van der Waals surface area contributed by atoms with Crippen molar-refractivity contribution in [3.63, 3.8) is 0 Å². The third-order valence-electron chi connectivity index (χ3n) is 1.82. The molecule has 0 aliphatic heterocycles. The van der Waals surface area contributed by atoms with Crippen molar-refractivity contribution in [1.29, 1.82) is 0 Å². The zero-order chi connectivity index (χ0) is 9.97. The van der Waals surface area contributed by atoms with E-state index in [1.165, 1.54) is 18.3 Å². The number of carbonyl (C=O) groups is 1. The van der Waals surface area contributed by atoms with Gasteiger partial charge in [0.05, 0.1) is 10.4 Å². The molecule has 4 heteroatoms. The van der Waals surface area contributed by atoms with E-state index in [0.29, 0.717) is 5.69 Å². The summed E-state index contributed by atoms with van der Waals surface area (Å²) in [4.78, 5) is 20.2. The van der Waals surface area contributed by atoms with Crippen LogP contribution >= 0.6 is 11.3 Å². The standard InChI is InChI=1S/C10H8N2OS/c1-7(13)9-10(14-6-12-9)8-3-2-4-11-5-8/h2-6H,1H3. The Kier molecular flexibility index (Phi) is 2.37. The van der Waals surface area contributed by atoms with Crippen LogP contribution in [-0.2, 0) is 0 Å². The molecular weight excluding hydrogens is 196 g/mol. The molecule has 0 radical (unpaired) electrons. The summed E-state index contributed by atoms with van der Waals surface area (Å²) in [5.74, 6) is -0.00916. The predicted octanol–water partition coefficient (Wildman–Crippen LogP) is 2.41. The quantitative estimate of drug-likeness (QED) is 0.705. The lowest BCUT2D eigenvalue weighted by Crippen LogP contribution is -1.94. The summed E-state index contributed by atoms with van der Waals surface area (Å²) >= 11 is 1.46. The molecule has 0 spiro atoms. The largest absolute Gasteiger partial charge is 0.293 e. The highest BCUT2D eigenvalue weighted by molar-refractivity contribution is 7.13. The highest BCUT2D eigenvalue weighted by Crippen LogP contribution is 2.26. The summed E-state index contributed by atoms with van der Waals surface area (Å²) in [7, 11) is 0. The van der Waals surface area contributed by atoms with E-state index >= 15 is 0 Å². The minimum atomic E-state index is -0.00916. The first-order valence-electron chi connectivity index (χ1n) is 4.14. The SMILES string of the molecule is CC(=O)c1ncsc1-c1cccnc1. The fourth-order valence-electron chi connectivity index (χ4n) is 1.20. The summed E-state index contributed by atoms with van der Waals surface area (Å²) in [6, 6.07) is 3.77. The average Bonchev–Trinajstić information content (AvgIpc) is 2.67. The van der Waals surface area contributed by atoms with E-state index < -0.39 is 0 Å². The third kappa shape index (κ3) is 1.56. The van der Waals surface area contributed by atoms with Gasteiger partial charge in [0.1, 0.15) is 5.69 Å². The van der Waals surface area contributed by atoms with Crippen molar-refractivity contribution in [2.24, 2.45) is 0 Å². The van der Waals surface area contributed by atoms with Crippen LogP contribution in [0.5, 0.6) is 0 Å². The third-order valence-corrected chi connectivity index (χ3v) is 2.70. The van der Waals surface area contributed by atoms with Crippen LogP contribution < -0.4 is 0 Å². The summed E-state index contributed by atoms with van der Waals surface area (Å²) in [6.07, 6.45) is 3.44. The minimum absolute atomic E-state index is 0.00916. The molecule has 2 aromatic heterocycles. The minimum Gasteiger partial charge on any atom is -0.293 e. The van der Waals surface area contributed by atoms with Crippen LogP contribution in [0.3, 0.4) is 0 Å². The summed E-state index contributed by atoms with van der Waals surface area (Å²) in [5, 5.41) is 0. The number of carbonyl (C=O) groups excluding carboxylic acids is 1. The van der Waals surface area contributed by atoms with E-state index in [1.54, 1.807) is 17.9 Å². The van der Waals surface area contributed by atoms with Gasteiger partial charge in [-0.1, -0.05) is 6.07 Å². The molecular formula is C10H8N2OS. The summed E-state index contributed by atoms with van der Waals surface area (Å²) < 4.78 is 0. The topological polar surface area (TPSA) is 42.9 Å². The van der Waals surface area contributed by atoms with Crippen molar-refractivity contribution >= 4 is 17.1 Å². The molecule has 0 atom stereocenters. The fourth-order valence-corrected chi connectivity index (χ4v) is 2.03. The van der Waals surface area contributed by atoms with Crippen LogP contribution in [0, 0.1) is 0 Å². The van der Waals surface area contributed by atoms with E-state index in [0.717, 1.165) is 10.4 Å². The van der Waals surface area contributed by atoms with Gasteiger partial charge in [-0.3, -0.25) is 9.78 Å². The molecule has 0 saturated heterocycles. The molecule has 0 aliphatic carbocycles. The Morgan fingerprint density at radius 3 is 3.00 bits per heavy atom. The average molecular weight is 204 g/mol. The maximum absolute atomic E-state index is 11.2. The van der Waals surface area contributed by atoms with Crippen LogP contribution in [0.4, 0.5) is 0 Å². The Hall–Kier alpha value is -1.55. The molecule has 0 bridgehead atoms. The number of aromatic nitrogens is 2. The van der Waals surface area contributed by atoms with Crippen molar-refractivity contribution < 1.29 is 4.79 Å². The Bertz CT molecular complexity index is 450. The molecule has 2 rings (SSSR count). The smallest absolute Gasteiger partial charge is 0.179 e. The Labute approximate surface area is 85.5 Å². The lowest BCUT2D eigenvalue weighted by atomic mass is 10.2. The summed E-state index contributed by atoms with van der Waals surface area (Å²) in [6.45, 7) is 1.52. The van der Waals surface area contributed by atoms with Crippen LogP contribution in [0.25, 0.3) is 10.4 Å². The summed E-state index contributed by atoms with van der Waals surface area (Å²) in [5.41, 5.74) is 3.15. The number of ketones is 1. The maximum atomic E-state index is 11.2. The van der Waals surface area contributed by atoms with E-state index in [1.807, 2.05) is 12.1 Å².